The van der Waals surface area contributed by atoms with Crippen molar-refractivity contribution in [2.45, 2.75) is 12.8 Å². The molecule has 0 aliphatic rings. The van der Waals surface area contributed by atoms with Gasteiger partial charge in [0.2, 0.25) is 0 Å². The molecule has 0 aliphatic heterocycles. The molecule has 0 fully saturated rings. The Morgan fingerprint density at radius 2 is 1.93 bits per heavy atom. The van der Waals surface area contributed by atoms with Crippen LogP contribution in [0.3, 0.4) is 0 Å². The Morgan fingerprint density at radius 3 is 2.59 bits per heavy atom. The van der Waals surface area contributed by atoms with Crippen LogP contribution in [0.1, 0.15) is 12.8 Å². The average Bonchev–Trinajstić information content (AvgIpc) is 2.74. The fourth-order valence-electron chi connectivity index (χ4n) is 3.04. The highest BCUT2D eigenvalue weighted by molar-refractivity contribution is 5.90. The fourth-order valence-corrected chi connectivity index (χ4v) is 3.04. The van der Waals surface area contributed by atoms with Crippen LogP contribution in [-0.4, -0.2) is 18.6 Å². The second kappa shape index (κ2) is 9.20. The largest absolute Gasteiger partial charge is 0.493 e. The maximum atomic E-state index is 15.0. The predicted molar refractivity (Wildman–Crippen MR) is 111 cm³/mol. The van der Waals surface area contributed by atoms with Crippen LogP contribution < -0.4 is 27.1 Å². The summed E-state index contributed by atoms with van der Waals surface area (Å²) < 4.78 is 33.5. The third-order valence-electron chi connectivity index (χ3n) is 4.54. The summed E-state index contributed by atoms with van der Waals surface area (Å²) in [4.78, 5) is 4.46. The minimum atomic E-state index is -0.581. The number of hydrazine groups is 1. The molecule has 0 atom stereocenters. The van der Waals surface area contributed by atoms with Crippen molar-refractivity contribution >= 4 is 16.6 Å². The number of ether oxygens (including phenoxy) is 1. The monoisotopic (exact) mass is 399 g/mol. The molecule has 0 unspecified atom stereocenters. The van der Waals surface area contributed by atoms with Crippen LogP contribution in [0.2, 0.25) is 0 Å². The Balaban J connectivity index is 1.88. The van der Waals surface area contributed by atoms with E-state index in [0.717, 1.165) is 17.8 Å². The van der Waals surface area contributed by atoms with Gasteiger partial charge in [0.1, 0.15) is 11.5 Å². The number of methoxy groups -OCH3 is 1. The molecule has 0 aliphatic carbocycles. The van der Waals surface area contributed by atoms with Gasteiger partial charge in [0.05, 0.1) is 12.6 Å². The summed E-state index contributed by atoms with van der Waals surface area (Å²) in [6.07, 6.45) is 2.96. The molecule has 0 bridgehead atoms. The Hall–Kier alpha value is -3.39. The van der Waals surface area contributed by atoms with Crippen LogP contribution in [0, 0.1) is 11.6 Å². The standard InChI is InChI=1S/C21H23F2N5O/c1-29-21-17-9-8-15(26-10-2-3-16(12-24)28-25)11-18(17)27-20(19(21)23)13-4-6-14(22)7-5-13/h4-9,11-12,26,28H,2-3,10,24-25H2,1H3/b16-12-. The predicted octanol–water partition coefficient (Wildman–Crippen LogP) is 3.64. The first-order valence-corrected chi connectivity index (χ1v) is 9.11. The normalized spacial score (nSPS) is 11.5. The number of aromatic nitrogens is 1. The van der Waals surface area contributed by atoms with E-state index in [9.17, 15) is 8.78 Å². The number of nitrogens with one attached hydrogen (secondary N) is 2. The highest BCUT2D eigenvalue weighted by atomic mass is 19.1. The number of allylic oxidation sites excluding steroid dienone is 1. The third-order valence-corrected chi connectivity index (χ3v) is 4.54. The van der Waals surface area contributed by atoms with E-state index >= 15 is 0 Å². The van der Waals surface area contributed by atoms with E-state index in [1.807, 2.05) is 12.1 Å². The number of nitrogens with zero attached hydrogens (tertiary/aromatic N) is 1. The maximum Gasteiger partial charge on any atom is 0.191 e. The third kappa shape index (κ3) is 4.55. The summed E-state index contributed by atoms with van der Waals surface area (Å²) in [5.74, 6) is 4.48. The van der Waals surface area contributed by atoms with E-state index in [2.05, 4.69) is 15.7 Å². The van der Waals surface area contributed by atoms with Gasteiger partial charge < -0.3 is 21.2 Å². The molecule has 2 aromatic carbocycles. The van der Waals surface area contributed by atoms with Crippen molar-refractivity contribution in [1.29, 1.82) is 0 Å². The smallest absolute Gasteiger partial charge is 0.191 e. The summed E-state index contributed by atoms with van der Waals surface area (Å²) in [7, 11) is 1.41. The van der Waals surface area contributed by atoms with Gasteiger partial charge in [-0.3, -0.25) is 5.84 Å². The van der Waals surface area contributed by atoms with Crippen molar-refractivity contribution in [2.24, 2.45) is 11.6 Å². The lowest BCUT2D eigenvalue weighted by Gasteiger charge is -2.13. The van der Waals surface area contributed by atoms with E-state index in [1.165, 1.54) is 37.6 Å². The van der Waals surface area contributed by atoms with E-state index in [4.69, 9.17) is 16.3 Å². The second-order valence-electron chi connectivity index (χ2n) is 6.41. The molecule has 0 saturated heterocycles. The van der Waals surface area contributed by atoms with Crippen molar-refractivity contribution in [3.05, 3.63) is 66.0 Å². The quantitative estimate of drug-likeness (QED) is 0.262. The molecule has 29 heavy (non-hydrogen) atoms. The zero-order valence-electron chi connectivity index (χ0n) is 16.0. The second-order valence-corrected chi connectivity index (χ2v) is 6.41. The van der Waals surface area contributed by atoms with Gasteiger partial charge in [-0.2, -0.15) is 0 Å². The SMILES string of the molecule is COc1c(F)c(-c2ccc(F)cc2)nc2cc(NCCC/C(=C/N)NN)ccc12. The summed E-state index contributed by atoms with van der Waals surface area (Å²) in [6, 6.07) is 10.9. The van der Waals surface area contributed by atoms with Crippen molar-refractivity contribution in [1.82, 2.24) is 10.4 Å². The molecule has 8 heteroatoms. The highest BCUT2D eigenvalue weighted by Crippen LogP contribution is 2.35. The van der Waals surface area contributed by atoms with Gasteiger partial charge in [-0.1, -0.05) is 0 Å². The lowest BCUT2D eigenvalue weighted by atomic mass is 10.1. The Bertz CT molecular complexity index is 1020. The van der Waals surface area contributed by atoms with E-state index in [0.29, 0.717) is 29.4 Å². The number of rotatable bonds is 8. The van der Waals surface area contributed by atoms with E-state index in [1.54, 1.807) is 6.07 Å². The molecular weight excluding hydrogens is 376 g/mol. The molecule has 152 valence electrons. The van der Waals surface area contributed by atoms with Gasteiger partial charge in [-0.15, -0.1) is 0 Å². The summed E-state index contributed by atoms with van der Waals surface area (Å²) in [5, 5.41) is 3.86. The Labute approximate surface area is 167 Å². The fraction of sp³-hybridized carbons (Fsp3) is 0.190. The molecule has 0 amide bonds. The Kier molecular flexibility index (Phi) is 6.46. The van der Waals surface area contributed by atoms with Gasteiger partial charge in [0.25, 0.3) is 0 Å². The zero-order chi connectivity index (χ0) is 20.8. The van der Waals surface area contributed by atoms with E-state index in [-0.39, 0.29) is 11.4 Å². The van der Waals surface area contributed by atoms with Gasteiger partial charge in [0.15, 0.2) is 11.6 Å². The molecule has 6 N–H and O–H groups in total. The molecule has 0 saturated carbocycles. The summed E-state index contributed by atoms with van der Waals surface area (Å²) in [5.41, 5.74) is 10.7. The highest BCUT2D eigenvalue weighted by Gasteiger charge is 2.17. The van der Waals surface area contributed by atoms with Crippen molar-refractivity contribution < 1.29 is 13.5 Å². The number of nitrogens with two attached hydrogens (primary N) is 2. The van der Waals surface area contributed by atoms with Crippen molar-refractivity contribution in [3.8, 4) is 17.0 Å². The molecule has 6 nitrogen and oxygen atoms in total. The van der Waals surface area contributed by atoms with Crippen LogP contribution in [0.5, 0.6) is 5.75 Å². The minimum absolute atomic E-state index is 0.104. The number of benzene rings is 2. The summed E-state index contributed by atoms with van der Waals surface area (Å²) in [6.45, 7) is 0.688. The minimum Gasteiger partial charge on any atom is -0.493 e. The molecule has 0 radical (unpaired) electrons. The molecular formula is C21H23F2N5O. The number of anilines is 1. The molecule has 3 aromatic rings. The van der Waals surface area contributed by atoms with Crippen molar-refractivity contribution in [2.75, 3.05) is 19.0 Å². The number of halogens is 2. The number of hydrogen-bond acceptors (Lipinski definition) is 6. The average molecular weight is 399 g/mol. The maximum absolute atomic E-state index is 15.0. The van der Waals surface area contributed by atoms with Crippen molar-refractivity contribution in [3.63, 3.8) is 0 Å². The first kappa shape index (κ1) is 20.3. The Morgan fingerprint density at radius 1 is 1.17 bits per heavy atom. The molecule has 1 heterocycles. The van der Waals surface area contributed by atoms with E-state index < -0.39 is 11.6 Å². The van der Waals surface area contributed by atoms with Crippen LogP contribution in [0.4, 0.5) is 14.5 Å². The number of pyridine rings is 1. The first-order chi connectivity index (χ1) is 14.1. The van der Waals surface area contributed by atoms with Crippen LogP contribution >= 0.6 is 0 Å². The lowest BCUT2D eigenvalue weighted by Crippen LogP contribution is -2.22. The zero-order valence-corrected chi connectivity index (χ0v) is 16.0. The van der Waals surface area contributed by atoms with Gasteiger partial charge >= 0.3 is 0 Å². The number of fused-ring (bicyclic) bond motifs is 1. The topological polar surface area (TPSA) is 98.2 Å². The lowest BCUT2D eigenvalue weighted by molar-refractivity contribution is 0.392. The summed E-state index contributed by atoms with van der Waals surface area (Å²) >= 11 is 0. The molecule has 0 spiro atoms. The van der Waals surface area contributed by atoms with Gasteiger partial charge in [0, 0.05) is 35.1 Å². The molecule has 1 aromatic heterocycles. The first-order valence-electron chi connectivity index (χ1n) is 9.11. The van der Waals surface area contributed by atoms with Gasteiger partial charge in [-0.25, -0.2) is 13.8 Å². The number of hydrogen-bond donors (Lipinski definition) is 4. The van der Waals surface area contributed by atoms with Crippen LogP contribution in [0.15, 0.2) is 54.4 Å². The molecule has 3 rings (SSSR count). The van der Waals surface area contributed by atoms with Crippen LogP contribution in [0.25, 0.3) is 22.2 Å². The van der Waals surface area contributed by atoms with Gasteiger partial charge in [-0.05, 0) is 55.3 Å². The van der Waals surface area contributed by atoms with Crippen LogP contribution in [-0.2, 0) is 0 Å².